The fraction of sp³-hybridized carbons (Fsp3) is 0.286. The molecule has 0 aliphatic rings. The lowest BCUT2D eigenvalue weighted by Gasteiger charge is -2.11. The zero-order valence-corrected chi connectivity index (χ0v) is 11.2. The quantitative estimate of drug-likeness (QED) is 0.884. The molecule has 0 fully saturated rings. The van der Waals surface area contributed by atoms with Gasteiger partial charge in [-0.2, -0.15) is 5.10 Å². The van der Waals surface area contributed by atoms with Gasteiger partial charge in [-0.05, 0) is 42.7 Å². The first-order valence-electron chi connectivity index (χ1n) is 5.92. The Morgan fingerprint density at radius 3 is 2.53 bits per heavy atom. The lowest BCUT2D eigenvalue weighted by Crippen LogP contribution is -2.02. The zero-order chi connectivity index (χ0) is 14.0. The molecule has 19 heavy (non-hydrogen) atoms. The standard InChI is InChI=1S/C14H16N2O3/c1-8-4-10(5-9(2)14(8)19-3)11-7-15-16-12(11)6-13(17)18/h4-5,7H,6H2,1-3H3,(H,15,16)(H,17,18). The number of carboxylic acid groups (broad SMARTS) is 1. The van der Waals surface area contributed by atoms with Crippen molar-refractivity contribution in [3.05, 3.63) is 35.2 Å². The third kappa shape index (κ3) is 2.59. The second kappa shape index (κ2) is 5.14. The van der Waals surface area contributed by atoms with Crippen LogP contribution in [0.4, 0.5) is 0 Å². The molecule has 1 aromatic carbocycles. The van der Waals surface area contributed by atoms with Gasteiger partial charge in [-0.3, -0.25) is 9.89 Å². The fourth-order valence-corrected chi connectivity index (χ4v) is 2.28. The molecule has 100 valence electrons. The summed E-state index contributed by atoms with van der Waals surface area (Å²) in [6.07, 6.45) is 1.58. The zero-order valence-electron chi connectivity index (χ0n) is 11.2. The first kappa shape index (κ1) is 13.1. The minimum Gasteiger partial charge on any atom is -0.496 e. The topological polar surface area (TPSA) is 75.2 Å². The van der Waals surface area contributed by atoms with E-state index in [4.69, 9.17) is 9.84 Å². The van der Waals surface area contributed by atoms with Crippen LogP contribution in [0.3, 0.4) is 0 Å². The number of benzene rings is 1. The number of hydrogen-bond donors (Lipinski definition) is 2. The average molecular weight is 260 g/mol. The Labute approximate surface area is 111 Å². The Hall–Kier alpha value is -2.30. The van der Waals surface area contributed by atoms with Crippen molar-refractivity contribution in [3.63, 3.8) is 0 Å². The van der Waals surface area contributed by atoms with Crippen LogP contribution in [-0.4, -0.2) is 28.4 Å². The first-order valence-corrected chi connectivity index (χ1v) is 5.92. The van der Waals surface area contributed by atoms with Crippen LogP contribution in [-0.2, 0) is 11.2 Å². The maximum Gasteiger partial charge on any atom is 0.309 e. The summed E-state index contributed by atoms with van der Waals surface area (Å²) in [5.41, 5.74) is 4.40. The third-order valence-corrected chi connectivity index (χ3v) is 3.02. The van der Waals surface area contributed by atoms with Crippen molar-refractivity contribution in [2.24, 2.45) is 0 Å². The maximum atomic E-state index is 10.8. The summed E-state index contributed by atoms with van der Waals surface area (Å²) in [6, 6.07) is 3.95. The van der Waals surface area contributed by atoms with Gasteiger partial charge >= 0.3 is 5.97 Å². The van der Waals surface area contributed by atoms with Crippen LogP contribution < -0.4 is 4.74 Å². The van der Waals surface area contributed by atoms with E-state index in [0.29, 0.717) is 5.69 Å². The SMILES string of the molecule is COc1c(C)cc(-c2cn[nH]c2CC(=O)O)cc1C. The number of ether oxygens (including phenoxy) is 1. The minimum absolute atomic E-state index is 0.0700. The second-order valence-corrected chi connectivity index (χ2v) is 4.48. The van der Waals surface area contributed by atoms with E-state index in [2.05, 4.69) is 10.2 Å². The van der Waals surface area contributed by atoms with Crippen LogP contribution in [0.5, 0.6) is 5.75 Å². The highest BCUT2D eigenvalue weighted by molar-refractivity contribution is 5.76. The number of aromatic nitrogens is 2. The highest BCUT2D eigenvalue weighted by atomic mass is 16.5. The number of carboxylic acids is 1. The minimum atomic E-state index is -0.882. The van der Waals surface area contributed by atoms with Crippen molar-refractivity contribution in [2.45, 2.75) is 20.3 Å². The summed E-state index contributed by atoms with van der Waals surface area (Å²) in [5.74, 6) is -0.0283. The number of carbonyl (C=O) groups is 1. The maximum absolute atomic E-state index is 10.8. The number of hydrogen-bond acceptors (Lipinski definition) is 3. The van der Waals surface area contributed by atoms with E-state index in [1.165, 1.54) is 0 Å². The lowest BCUT2D eigenvalue weighted by molar-refractivity contribution is -0.136. The van der Waals surface area contributed by atoms with Gasteiger partial charge in [-0.1, -0.05) is 0 Å². The van der Waals surface area contributed by atoms with Gasteiger partial charge in [0.05, 0.1) is 25.4 Å². The molecule has 0 radical (unpaired) electrons. The number of methoxy groups -OCH3 is 1. The summed E-state index contributed by atoms with van der Waals surface area (Å²) in [4.78, 5) is 10.8. The van der Waals surface area contributed by atoms with Gasteiger partial charge in [0.25, 0.3) is 0 Å². The molecule has 0 atom stereocenters. The van der Waals surface area contributed by atoms with Gasteiger partial charge in [0.15, 0.2) is 0 Å². The molecule has 0 unspecified atom stereocenters. The molecule has 5 heteroatoms. The Morgan fingerprint density at radius 1 is 1.37 bits per heavy atom. The largest absolute Gasteiger partial charge is 0.496 e. The Morgan fingerprint density at radius 2 is 2.00 bits per heavy atom. The molecule has 0 bridgehead atoms. The van der Waals surface area contributed by atoms with Crippen LogP contribution in [0.2, 0.25) is 0 Å². The lowest BCUT2D eigenvalue weighted by atomic mass is 9.99. The number of aliphatic carboxylic acids is 1. The average Bonchev–Trinajstić information content (AvgIpc) is 2.75. The molecule has 2 rings (SSSR count). The summed E-state index contributed by atoms with van der Waals surface area (Å²) < 4.78 is 5.33. The van der Waals surface area contributed by atoms with E-state index in [-0.39, 0.29) is 6.42 Å². The molecule has 0 amide bonds. The molecule has 1 aromatic heterocycles. The Balaban J connectivity index is 2.48. The number of rotatable bonds is 4. The van der Waals surface area contributed by atoms with E-state index in [9.17, 15) is 4.79 Å². The van der Waals surface area contributed by atoms with Crippen LogP contribution >= 0.6 is 0 Å². The second-order valence-electron chi connectivity index (χ2n) is 4.48. The fourth-order valence-electron chi connectivity index (χ4n) is 2.28. The van der Waals surface area contributed by atoms with Crippen LogP contribution in [0.1, 0.15) is 16.8 Å². The number of nitrogens with zero attached hydrogens (tertiary/aromatic N) is 1. The first-order chi connectivity index (χ1) is 9.02. The monoisotopic (exact) mass is 260 g/mol. The normalized spacial score (nSPS) is 10.5. The Kier molecular flexibility index (Phi) is 3.55. The summed E-state index contributed by atoms with van der Waals surface area (Å²) in [5, 5.41) is 15.6. The van der Waals surface area contributed by atoms with Crippen LogP contribution in [0.25, 0.3) is 11.1 Å². The van der Waals surface area contributed by atoms with Crippen molar-refractivity contribution >= 4 is 5.97 Å². The van der Waals surface area contributed by atoms with Crippen molar-refractivity contribution in [2.75, 3.05) is 7.11 Å². The van der Waals surface area contributed by atoms with Crippen molar-refractivity contribution in [1.82, 2.24) is 10.2 Å². The molecule has 1 heterocycles. The van der Waals surface area contributed by atoms with E-state index in [1.54, 1.807) is 13.3 Å². The van der Waals surface area contributed by atoms with Crippen LogP contribution in [0.15, 0.2) is 18.3 Å². The van der Waals surface area contributed by atoms with Gasteiger partial charge in [-0.15, -0.1) is 0 Å². The van der Waals surface area contributed by atoms with Gasteiger partial charge in [-0.25, -0.2) is 0 Å². The van der Waals surface area contributed by atoms with Gasteiger partial charge in [0, 0.05) is 5.56 Å². The molecular weight excluding hydrogens is 244 g/mol. The van der Waals surface area contributed by atoms with E-state index in [1.807, 2.05) is 26.0 Å². The molecular formula is C14H16N2O3. The van der Waals surface area contributed by atoms with Crippen molar-refractivity contribution in [3.8, 4) is 16.9 Å². The number of aromatic amines is 1. The van der Waals surface area contributed by atoms with Crippen molar-refractivity contribution < 1.29 is 14.6 Å². The predicted octanol–water partition coefficient (Wildman–Crippen LogP) is 2.33. The van der Waals surface area contributed by atoms with E-state index >= 15 is 0 Å². The highest BCUT2D eigenvalue weighted by Gasteiger charge is 2.13. The number of nitrogens with one attached hydrogen (secondary N) is 1. The molecule has 0 spiro atoms. The summed E-state index contributed by atoms with van der Waals surface area (Å²) in [7, 11) is 1.64. The number of aryl methyl sites for hydroxylation is 2. The summed E-state index contributed by atoms with van der Waals surface area (Å²) >= 11 is 0. The smallest absolute Gasteiger partial charge is 0.309 e. The molecule has 2 aromatic rings. The van der Waals surface area contributed by atoms with E-state index < -0.39 is 5.97 Å². The highest BCUT2D eigenvalue weighted by Crippen LogP contribution is 2.31. The molecule has 5 nitrogen and oxygen atoms in total. The third-order valence-electron chi connectivity index (χ3n) is 3.02. The summed E-state index contributed by atoms with van der Waals surface area (Å²) in [6.45, 7) is 3.93. The van der Waals surface area contributed by atoms with Crippen molar-refractivity contribution in [1.29, 1.82) is 0 Å². The predicted molar refractivity (Wildman–Crippen MR) is 71.4 cm³/mol. The van der Waals surface area contributed by atoms with E-state index in [0.717, 1.165) is 28.0 Å². The Bertz CT molecular complexity index is 594. The number of H-pyrrole nitrogens is 1. The molecule has 0 aliphatic heterocycles. The molecule has 0 aliphatic carbocycles. The van der Waals surface area contributed by atoms with Gasteiger partial charge in [0.1, 0.15) is 5.75 Å². The molecule has 0 saturated heterocycles. The van der Waals surface area contributed by atoms with Gasteiger partial charge in [0.2, 0.25) is 0 Å². The van der Waals surface area contributed by atoms with Crippen LogP contribution in [0, 0.1) is 13.8 Å². The molecule has 2 N–H and O–H groups in total. The molecule has 0 saturated carbocycles. The van der Waals surface area contributed by atoms with Gasteiger partial charge < -0.3 is 9.84 Å².